The number of ether oxygens (including phenoxy) is 1. The van der Waals surface area contributed by atoms with Crippen molar-refractivity contribution in [3.8, 4) is 5.75 Å². The number of benzene rings is 1. The van der Waals surface area contributed by atoms with Crippen molar-refractivity contribution in [2.75, 3.05) is 39.3 Å². The summed E-state index contributed by atoms with van der Waals surface area (Å²) in [6.07, 6.45) is 1.93. The molecule has 0 amide bonds. The van der Waals surface area contributed by atoms with E-state index in [1.165, 1.54) is 0 Å². The number of hydrogen-bond donors (Lipinski definition) is 1. The maximum atomic E-state index is 5.69. The summed E-state index contributed by atoms with van der Waals surface area (Å²) in [6, 6.07) is 5.94. The maximum absolute atomic E-state index is 5.69. The molecule has 0 atom stereocenters. The molecule has 114 valence electrons. The minimum Gasteiger partial charge on any atom is -0.494 e. The van der Waals surface area contributed by atoms with Gasteiger partial charge in [0.15, 0.2) is 5.58 Å². The van der Waals surface area contributed by atoms with Gasteiger partial charge >= 0.3 is 0 Å². The van der Waals surface area contributed by atoms with Crippen molar-refractivity contribution in [2.24, 2.45) is 0 Å². The molecule has 0 aliphatic carbocycles. The molecular weight excluding hydrogens is 266 g/mol. The van der Waals surface area contributed by atoms with E-state index in [-0.39, 0.29) is 0 Å². The Morgan fingerprint density at radius 3 is 3.00 bits per heavy atom. The van der Waals surface area contributed by atoms with Gasteiger partial charge in [-0.05, 0) is 24.6 Å². The number of fused-ring (bicyclic) bond motifs is 1. The highest BCUT2D eigenvalue weighted by atomic mass is 16.5. The molecule has 5 nitrogen and oxygen atoms in total. The van der Waals surface area contributed by atoms with Gasteiger partial charge < -0.3 is 19.5 Å². The first-order chi connectivity index (χ1) is 10.4. The molecule has 1 fully saturated rings. The largest absolute Gasteiger partial charge is 0.494 e. The Bertz CT molecular complexity index is 576. The molecule has 0 bridgehead atoms. The lowest BCUT2D eigenvalue weighted by atomic mass is 10.1. The summed E-state index contributed by atoms with van der Waals surface area (Å²) < 4.78 is 11.1. The highest BCUT2D eigenvalue weighted by Gasteiger charge is 2.13. The minimum atomic E-state index is 0.743. The molecule has 2 aromatic rings. The van der Waals surface area contributed by atoms with Crippen LogP contribution in [0.2, 0.25) is 0 Å². The summed E-state index contributed by atoms with van der Waals surface area (Å²) >= 11 is 0. The Kier molecular flexibility index (Phi) is 4.72. The van der Waals surface area contributed by atoms with Crippen LogP contribution in [0.15, 0.2) is 22.7 Å². The van der Waals surface area contributed by atoms with Crippen molar-refractivity contribution in [1.29, 1.82) is 0 Å². The van der Waals surface area contributed by atoms with Crippen molar-refractivity contribution in [3.63, 3.8) is 0 Å². The zero-order valence-electron chi connectivity index (χ0n) is 12.6. The molecule has 0 unspecified atom stereocenters. The van der Waals surface area contributed by atoms with E-state index in [0.29, 0.717) is 0 Å². The summed E-state index contributed by atoms with van der Waals surface area (Å²) in [5, 5.41) is 8.68. The molecule has 3 rings (SSSR count). The lowest BCUT2D eigenvalue weighted by Gasteiger charge is -2.26. The van der Waals surface area contributed by atoms with Gasteiger partial charge in [0.2, 0.25) is 0 Å². The minimum absolute atomic E-state index is 0.743. The number of rotatable bonds is 6. The van der Waals surface area contributed by atoms with Gasteiger partial charge in [-0.15, -0.1) is 0 Å². The lowest BCUT2D eigenvalue weighted by molar-refractivity contribution is 0.242. The Balaban J connectivity index is 1.68. The second-order valence-electron chi connectivity index (χ2n) is 5.48. The first kappa shape index (κ1) is 14.4. The molecule has 2 heterocycles. The average molecular weight is 289 g/mol. The standard InChI is InChI=1S/C16H23N3O2/c1-2-11-20-13-3-4-16-14(12-13)15(18-21-16)5-8-19-9-6-17-7-10-19/h3-4,12,17H,2,5-11H2,1H3. The Morgan fingerprint density at radius 1 is 1.33 bits per heavy atom. The molecule has 1 N–H and O–H groups in total. The van der Waals surface area contributed by atoms with Crippen molar-refractivity contribution < 1.29 is 9.26 Å². The third-order valence-electron chi connectivity index (χ3n) is 3.86. The van der Waals surface area contributed by atoms with Crippen LogP contribution in [-0.4, -0.2) is 49.4 Å². The molecule has 1 aliphatic heterocycles. The fourth-order valence-electron chi connectivity index (χ4n) is 2.66. The first-order valence-corrected chi connectivity index (χ1v) is 7.81. The van der Waals surface area contributed by atoms with Crippen molar-refractivity contribution in [1.82, 2.24) is 15.4 Å². The summed E-state index contributed by atoms with van der Waals surface area (Å²) in [5.41, 5.74) is 1.87. The normalized spacial score (nSPS) is 16.4. The SMILES string of the molecule is CCCOc1ccc2onc(CCN3CCNCC3)c2c1. The topological polar surface area (TPSA) is 50.5 Å². The van der Waals surface area contributed by atoms with E-state index in [0.717, 1.165) is 74.6 Å². The Labute approximate surface area is 125 Å². The van der Waals surface area contributed by atoms with Gasteiger partial charge in [-0.2, -0.15) is 0 Å². The van der Waals surface area contributed by atoms with Gasteiger partial charge in [0, 0.05) is 44.5 Å². The van der Waals surface area contributed by atoms with E-state index < -0.39 is 0 Å². The van der Waals surface area contributed by atoms with Gasteiger partial charge in [0.25, 0.3) is 0 Å². The predicted molar refractivity (Wildman–Crippen MR) is 82.8 cm³/mol. The number of hydrogen-bond acceptors (Lipinski definition) is 5. The molecule has 0 saturated carbocycles. The van der Waals surface area contributed by atoms with Gasteiger partial charge in [-0.25, -0.2) is 0 Å². The quantitative estimate of drug-likeness (QED) is 0.882. The van der Waals surface area contributed by atoms with E-state index >= 15 is 0 Å². The molecule has 1 aromatic heterocycles. The monoisotopic (exact) mass is 289 g/mol. The average Bonchev–Trinajstić information content (AvgIpc) is 2.94. The van der Waals surface area contributed by atoms with Crippen LogP contribution in [-0.2, 0) is 6.42 Å². The van der Waals surface area contributed by atoms with Crippen molar-refractivity contribution >= 4 is 11.0 Å². The summed E-state index contributed by atoms with van der Waals surface area (Å²) in [6.45, 7) is 8.26. The van der Waals surface area contributed by atoms with Gasteiger partial charge in [0.1, 0.15) is 5.75 Å². The van der Waals surface area contributed by atoms with Crippen LogP contribution in [0.5, 0.6) is 5.75 Å². The van der Waals surface area contributed by atoms with Crippen LogP contribution in [0.1, 0.15) is 19.0 Å². The number of nitrogens with zero attached hydrogens (tertiary/aromatic N) is 2. The third-order valence-corrected chi connectivity index (χ3v) is 3.86. The van der Waals surface area contributed by atoms with Gasteiger partial charge in [-0.3, -0.25) is 0 Å². The van der Waals surface area contributed by atoms with Crippen LogP contribution in [0.4, 0.5) is 0 Å². The molecule has 0 radical (unpaired) electrons. The Hall–Kier alpha value is -1.59. The fourth-order valence-corrected chi connectivity index (χ4v) is 2.66. The predicted octanol–water partition coefficient (Wildman–Crippen LogP) is 2.06. The molecule has 0 spiro atoms. The lowest BCUT2D eigenvalue weighted by Crippen LogP contribution is -2.44. The Morgan fingerprint density at radius 2 is 2.19 bits per heavy atom. The maximum Gasteiger partial charge on any atom is 0.167 e. The van der Waals surface area contributed by atoms with E-state index in [9.17, 15) is 0 Å². The first-order valence-electron chi connectivity index (χ1n) is 7.81. The van der Waals surface area contributed by atoms with Gasteiger partial charge in [0.05, 0.1) is 12.3 Å². The second-order valence-corrected chi connectivity index (χ2v) is 5.48. The highest BCUT2D eigenvalue weighted by molar-refractivity contribution is 5.81. The summed E-state index contributed by atoms with van der Waals surface area (Å²) in [5.74, 6) is 0.899. The van der Waals surface area contributed by atoms with E-state index in [4.69, 9.17) is 9.26 Å². The molecule has 1 aromatic carbocycles. The number of nitrogens with one attached hydrogen (secondary N) is 1. The zero-order chi connectivity index (χ0) is 14.5. The molecule has 21 heavy (non-hydrogen) atoms. The van der Waals surface area contributed by atoms with E-state index in [2.05, 4.69) is 28.4 Å². The second kappa shape index (κ2) is 6.91. The highest BCUT2D eigenvalue weighted by Crippen LogP contribution is 2.24. The zero-order valence-corrected chi connectivity index (χ0v) is 12.6. The molecular formula is C16H23N3O2. The number of aromatic nitrogens is 1. The molecule has 5 heteroatoms. The summed E-state index contributed by atoms with van der Waals surface area (Å²) in [4.78, 5) is 2.47. The molecule has 1 saturated heterocycles. The van der Waals surface area contributed by atoms with Crippen LogP contribution >= 0.6 is 0 Å². The smallest absolute Gasteiger partial charge is 0.167 e. The fraction of sp³-hybridized carbons (Fsp3) is 0.562. The van der Waals surface area contributed by atoms with Crippen LogP contribution in [0.3, 0.4) is 0 Å². The van der Waals surface area contributed by atoms with E-state index in [1.54, 1.807) is 0 Å². The van der Waals surface area contributed by atoms with Crippen LogP contribution < -0.4 is 10.1 Å². The van der Waals surface area contributed by atoms with Crippen molar-refractivity contribution in [2.45, 2.75) is 19.8 Å². The van der Waals surface area contributed by atoms with Crippen LogP contribution in [0, 0.1) is 0 Å². The summed E-state index contributed by atoms with van der Waals surface area (Å²) in [7, 11) is 0. The number of piperazine rings is 1. The van der Waals surface area contributed by atoms with Crippen molar-refractivity contribution in [3.05, 3.63) is 23.9 Å². The molecule has 1 aliphatic rings. The van der Waals surface area contributed by atoms with E-state index in [1.807, 2.05) is 12.1 Å². The van der Waals surface area contributed by atoms with Gasteiger partial charge in [-0.1, -0.05) is 12.1 Å². The third kappa shape index (κ3) is 3.54. The van der Waals surface area contributed by atoms with Crippen LogP contribution in [0.25, 0.3) is 11.0 Å².